The van der Waals surface area contributed by atoms with Crippen LogP contribution in [0.5, 0.6) is 0 Å². The first-order chi connectivity index (χ1) is 8.35. The fraction of sp³-hybridized carbons (Fsp3) is 1.00. The fourth-order valence-corrected chi connectivity index (χ4v) is 3.18. The van der Waals surface area contributed by atoms with Gasteiger partial charge in [-0.1, -0.05) is 66.9 Å². The SMILES string of the molecule is ClC[C@@H](Cl)CCCCCCC[C@H](Cl)CC(Cl)(Cl)Cl. The number of hydrogen-bond acceptors (Lipinski definition) is 0. The summed E-state index contributed by atoms with van der Waals surface area (Å²) in [6, 6.07) is 0. The predicted octanol–water partition coefficient (Wildman–Crippen LogP) is 6.93. The Bertz CT molecular complexity index is 191. The first-order valence-corrected chi connectivity index (χ1v) is 8.80. The molecule has 0 spiro atoms. The molecule has 0 N–H and O–H groups in total. The van der Waals surface area contributed by atoms with Gasteiger partial charge >= 0.3 is 0 Å². The topological polar surface area (TPSA) is 0 Å². The van der Waals surface area contributed by atoms with Gasteiger partial charge in [0, 0.05) is 23.1 Å². The Kier molecular flexibility index (Phi) is 12.5. The number of hydrogen-bond donors (Lipinski definition) is 0. The van der Waals surface area contributed by atoms with Gasteiger partial charge in [-0.05, 0) is 12.8 Å². The van der Waals surface area contributed by atoms with Crippen LogP contribution < -0.4 is 0 Å². The molecule has 0 saturated carbocycles. The van der Waals surface area contributed by atoms with Crippen molar-refractivity contribution in [1.29, 1.82) is 0 Å². The summed E-state index contributed by atoms with van der Waals surface area (Å²) in [5.74, 6) is 0.534. The molecule has 0 heterocycles. The Morgan fingerprint density at radius 3 is 1.61 bits per heavy atom. The molecule has 0 aliphatic rings. The van der Waals surface area contributed by atoms with Crippen LogP contribution in [0.15, 0.2) is 0 Å². The van der Waals surface area contributed by atoms with Crippen LogP contribution in [0.3, 0.4) is 0 Å². The average molecular weight is 377 g/mol. The van der Waals surface area contributed by atoms with E-state index in [1.807, 2.05) is 0 Å². The van der Waals surface area contributed by atoms with Gasteiger partial charge in [0.15, 0.2) is 3.79 Å². The summed E-state index contributed by atoms with van der Waals surface area (Å²) in [6.07, 6.45) is 8.07. The van der Waals surface area contributed by atoms with Gasteiger partial charge in [0.2, 0.25) is 0 Å². The molecule has 0 aliphatic carbocycles. The van der Waals surface area contributed by atoms with Crippen LogP contribution in [0.4, 0.5) is 0 Å². The summed E-state index contributed by atoms with van der Waals surface area (Å²) in [4.78, 5) is 0. The van der Waals surface area contributed by atoms with E-state index in [0.717, 1.165) is 32.1 Å². The van der Waals surface area contributed by atoms with Gasteiger partial charge in [-0.2, -0.15) is 0 Å². The minimum atomic E-state index is -1.23. The van der Waals surface area contributed by atoms with Crippen molar-refractivity contribution in [2.45, 2.75) is 65.9 Å². The molecule has 0 saturated heterocycles. The standard InChI is InChI=1S/C12H20Cl6/c13-9-11(15)7-5-3-1-2-4-6-10(14)8-12(16,17)18/h10-11H,1-9H2/t10-,11-/m0/s1. The van der Waals surface area contributed by atoms with E-state index in [9.17, 15) is 0 Å². The molecule has 0 amide bonds. The van der Waals surface area contributed by atoms with Crippen LogP contribution in [0, 0.1) is 0 Å². The monoisotopic (exact) mass is 374 g/mol. The largest absolute Gasteiger partial charge is 0.192 e. The second-order valence-electron chi connectivity index (χ2n) is 4.51. The van der Waals surface area contributed by atoms with Crippen LogP contribution in [0.1, 0.15) is 51.4 Å². The second-order valence-corrected chi connectivity index (χ2v) is 8.57. The van der Waals surface area contributed by atoms with Crippen LogP contribution in [0.25, 0.3) is 0 Å². The highest BCUT2D eigenvalue weighted by Crippen LogP contribution is 2.34. The van der Waals surface area contributed by atoms with Crippen LogP contribution >= 0.6 is 69.6 Å². The Balaban J connectivity index is 3.30. The third kappa shape index (κ3) is 14.2. The van der Waals surface area contributed by atoms with Gasteiger partial charge in [-0.25, -0.2) is 0 Å². The normalized spacial score (nSPS) is 15.7. The number of unbranched alkanes of at least 4 members (excludes halogenated alkanes) is 4. The molecule has 0 radical (unpaired) electrons. The van der Waals surface area contributed by atoms with E-state index in [4.69, 9.17) is 69.6 Å². The third-order valence-corrected chi connectivity index (χ3v) is 4.39. The zero-order valence-electron chi connectivity index (χ0n) is 10.3. The Hall–Kier alpha value is 1.74. The van der Waals surface area contributed by atoms with E-state index in [-0.39, 0.29) is 10.8 Å². The van der Waals surface area contributed by atoms with Crippen molar-refractivity contribution in [2.24, 2.45) is 0 Å². The maximum atomic E-state index is 6.08. The molecular weight excluding hydrogens is 357 g/mol. The molecular formula is C12H20Cl6. The molecule has 0 aromatic rings. The summed E-state index contributed by atoms with van der Waals surface area (Å²) in [5.41, 5.74) is 0. The van der Waals surface area contributed by atoms with Crippen molar-refractivity contribution in [2.75, 3.05) is 5.88 Å². The van der Waals surface area contributed by atoms with Gasteiger partial charge < -0.3 is 0 Å². The van der Waals surface area contributed by atoms with Crippen molar-refractivity contribution in [3.63, 3.8) is 0 Å². The smallest absolute Gasteiger partial charge is 0.125 e. The Morgan fingerprint density at radius 2 is 1.17 bits per heavy atom. The van der Waals surface area contributed by atoms with Gasteiger partial charge in [0.05, 0.1) is 0 Å². The van der Waals surface area contributed by atoms with E-state index in [1.54, 1.807) is 0 Å². The molecule has 0 aromatic heterocycles. The number of halogens is 6. The van der Waals surface area contributed by atoms with Crippen molar-refractivity contribution in [1.82, 2.24) is 0 Å². The van der Waals surface area contributed by atoms with E-state index in [1.165, 1.54) is 12.8 Å². The minimum absolute atomic E-state index is 0.0547. The van der Waals surface area contributed by atoms with E-state index < -0.39 is 3.79 Å². The van der Waals surface area contributed by atoms with E-state index in [0.29, 0.717) is 12.3 Å². The zero-order valence-corrected chi connectivity index (χ0v) is 14.8. The van der Waals surface area contributed by atoms with Gasteiger partial charge in [-0.15, -0.1) is 34.8 Å². The summed E-state index contributed by atoms with van der Waals surface area (Å²) in [6.45, 7) is 0. The predicted molar refractivity (Wildman–Crippen MR) is 87.2 cm³/mol. The van der Waals surface area contributed by atoms with Crippen molar-refractivity contribution in [3.05, 3.63) is 0 Å². The lowest BCUT2D eigenvalue weighted by Gasteiger charge is -2.15. The molecule has 0 unspecified atom stereocenters. The molecule has 0 aromatic carbocycles. The Labute approximate surface area is 141 Å². The molecule has 6 heteroatoms. The third-order valence-electron chi connectivity index (χ3n) is 2.66. The van der Waals surface area contributed by atoms with Crippen LogP contribution in [-0.4, -0.2) is 20.4 Å². The van der Waals surface area contributed by atoms with Crippen LogP contribution in [0.2, 0.25) is 0 Å². The van der Waals surface area contributed by atoms with Gasteiger partial charge in [0.25, 0.3) is 0 Å². The summed E-state index contributed by atoms with van der Waals surface area (Å²) in [5, 5.41) is 0.0594. The molecule has 18 heavy (non-hydrogen) atoms. The van der Waals surface area contributed by atoms with Gasteiger partial charge in [0.1, 0.15) is 0 Å². The molecule has 110 valence electrons. The maximum Gasteiger partial charge on any atom is 0.192 e. The van der Waals surface area contributed by atoms with Crippen molar-refractivity contribution < 1.29 is 0 Å². The highest BCUT2D eigenvalue weighted by Gasteiger charge is 2.23. The fourth-order valence-electron chi connectivity index (χ4n) is 1.69. The quantitative estimate of drug-likeness (QED) is 0.286. The molecule has 0 fully saturated rings. The second kappa shape index (κ2) is 11.4. The van der Waals surface area contributed by atoms with Crippen molar-refractivity contribution in [3.8, 4) is 0 Å². The summed E-state index contributed by atoms with van der Waals surface area (Å²) < 4.78 is -1.23. The highest BCUT2D eigenvalue weighted by atomic mass is 35.6. The first-order valence-electron chi connectivity index (χ1n) is 6.26. The lowest BCUT2D eigenvalue weighted by molar-refractivity contribution is 0.562. The molecule has 0 nitrogen and oxygen atoms in total. The minimum Gasteiger partial charge on any atom is -0.125 e. The van der Waals surface area contributed by atoms with E-state index >= 15 is 0 Å². The highest BCUT2D eigenvalue weighted by molar-refractivity contribution is 6.67. The van der Waals surface area contributed by atoms with Crippen LogP contribution in [-0.2, 0) is 0 Å². The zero-order chi connectivity index (χ0) is 14.0. The molecule has 0 rings (SSSR count). The maximum absolute atomic E-state index is 6.08. The number of alkyl halides is 6. The Morgan fingerprint density at radius 1 is 0.722 bits per heavy atom. The molecule has 0 bridgehead atoms. The summed E-state index contributed by atoms with van der Waals surface area (Å²) >= 11 is 34.7. The molecule has 0 aliphatic heterocycles. The average Bonchev–Trinajstić information content (AvgIpc) is 2.25. The number of rotatable bonds is 10. The molecule has 2 atom stereocenters. The van der Waals surface area contributed by atoms with E-state index in [2.05, 4.69) is 0 Å². The summed E-state index contributed by atoms with van der Waals surface area (Å²) in [7, 11) is 0. The van der Waals surface area contributed by atoms with Gasteiger partial charge in [-0.3, -0.25) is 0 Å². The lowest BCUT2D eigenvalue weighted by atomic mass is 10.1. The van der Waals surface area contributed by atoms with Crippen molar-refractivity contribution >= 4 is 69.6 Å². The first kappa shape index (κ1) is 19.7. The lowest BCUT2D eigenvalue weighted by Crippen LogP contribution is -2.11.